The van der Waals surface area contributed by atoms with Crippen LogP contribution in [0.3, 0.4) is 0 Å². The molecule has 0 aliphatic carbocycles. The van der Waals surface area contributed by atoms with Crippen molar-refractivity contribution in [3.63, 3.8) is 0 Å². The number of unbranched alkanes of at least 4 members (excludes halogenated alkanes) is 4. The lowest BCUT2D eigenvalue weighted by Gasteiger charge is -2.40. The van der Waals surface area contributed by atoms with Crippen LogP contribution >= 0.6 is 11.6 Å². The molecule has 2 heteroatoms. The van der Waals surface area contributed by atoms with E-state index in [4.69, 9.17) is 16.3 Å². The molecule has 0 saturated carbocycles. The van der Waals surface area contributed by atoms with E-state index < -0.39 is 0 Å². The van der Waals surface area contributed by atoms with Gasteiger partial charge in [0.1, 0.15) is 0 Å². The van der Waals surface area contributed by atoms with Gasteiger partial charge in [0, 0.05) is 12.5 Å². The minimum atomic E-state index is 0.387. The predicted octanol–water partition coefficient (Wildman–Crippen LogP) is 6.97. The number of rotatable bonds is 15. The SMILES string of the molecule is CCCCC(CCCC)(CCCC)C(C)OCCCCCl. The van der Waals surface area contributed by atoms with Gasteiger partial charge in [0.05, 0.1) is 6.10 Å². The van der Waals surface area contributed by atoms with Crippen LogP contribution in [0.15, 0.2) is 0 Å². The highest BCUT2D eigenvalue weighted by atomic mass is 35.5. The van der Waals surface area contributed by atoms with E-state index in [0.717, 1.165) is 25.3 Å². The van der Waals surface area contributed by atoms with Gasteiger partial charge >= 0.3 is 0 Å². The molecule has 0 N–H and O–H groups in total. The Hall–Kier alpha value is 0.250. The quantitative estimate of drug-likeness (QED) is 0.234. The molecule has 0 aromatic carbocycles. The lowest BCUT2D eigenvalue weighted by Crippen LogP contribution is -2.36. The first kappa shape index (κ1) is 21.2. The Morgan fingerprint density at radius 1 is 0.810 bits per heavy atom. The maximum absolute atomic E-state index is 6.24. The molecule has 0 radical (unpaired) electrons. The highest BCUT2D eigenvalue weighted by molar-refractivity contribution is 6.17. The molecule has 0 heterocycles. The van der Waals surface area contributed by atoms with Crippen LogP contribution in [0.25, 0.3) is 0 Å². The normalized spacial score (nSPS) is 13.6. The first-order valence-corrected chi connectivity index (χ1v) is 9.87. The Balaban J connectivity index is 4.65. The molecule has 0 aliphatic heterocycles. The summed E-state index contributed by atoms with van der Waals surface area (Å²) in [5.74, 6) is 0.754. The zero-order chi connectivity index (χ0) is 16.0. The summed E-state index contributed by atoms with van der Waals surface area (Å²) in [5, 5.41) is 0. The van der Waals surface area contributed by atoms with E-state index in [-0.39, 0.29) is 0 Å². The summed E-state index contributed by atoms with van der Waals surface area (Å²) in [5.41, 5.74) is 0.406. The first-order chi connectivity index (χ1) is 10.2. The van der Waals surface area contributed by atoms with Gasteiger partial charge < -0.3 is 4.74 Å². The van der Waals surface area contributed by atoms with E-state index in [1.807, 2.05) is 0 Å². The molecule has 0 amide bonds. The molecule has 1 atom stereocenters. The van der Waals surface area contributed by atoms with Crippen molar-refractivity contribution in [2.75, 3.05) is 12.5 Å². The van der Waals surface area contributed by atoms with Crippen LogP contribution in [-0.4, -0.2) is 18.6 Å². The van der Waals surface area contributed by atoms with Gasteiger partial charge in [-0.05, 0) is 44.4 Å². The smallest absolute Gasteiger partial charge is 0.0603 e. The molecule has 1 nitrogen and oxygen atoms in total. The van der Waals surface area contributed by atoms with Crippen molar-refractivity contribution >= 4 is 11.6 Å². The van der Waals surface area contributed by atoms with Gasteiger partial charge in [-0.3, -0.25) is 0 Å². The monoisotopic (exact) mass is 318 g/mol. The van der Waals surface area contributed by atoms with E-state index >= 15 is 0 Å². The number of alkyl halides is 1. The molecular weight excluding hydrogens is 280 g/mol. The Kier molecular flexibility index (Phi) is 14.0. The fourth-order valence-electron chi connectivity index (χ4n) is 3.20. The molecule has 21 heavy (non-hydrogen) atoms. The van der Waals surface area contributed by atoms with E-state index in [1.165, 1.54) is 57.8 Å². The second-order valence-corrected chi connectivity index (χ2v) is 6.96. The third-order valence-corrected chi connectivity index (χ3v) is 5.11. The Labute approximate surface area is 139 Å². The third kappa shape index (κ3) is 9.08. The van der Waals surface area contributed by atoms with Crippen LogP contribution in [0.5, 0.6) is 0 Å². The summed E-state index contributed by atoms with van der Waals surface area (Å²) < 4.78 is 6.24. The number of ether oxygens (including phenoxy) is 1. The molecule has 0 fully saturated rings. The van der Waals surface area contributed by atoms with Crippen LogP contribution in [0.4, 0.5) is 0 Å². The first-order valence-electron chi connectivity index (χ1n) is 9.34. The zero-order valence-electron chi connectivity index (χ0n) is 15.1. The van der Waals surface area contributed by atoms with Crippen molar-refractivity contribution < 1.29 is 4.74 Å². The van der Waals surface area contributed by atoms with Crippen LogP contribution in [0, 0.1) is 5.41 Å². The summed E-state index contributed by atoms with van der Waals surface area (Å²) in [7, 11) is 0. The topological polar surface area (TPSA) is 9.23 Å². The molecule has 128 valence electrons. The Morgan fingerprint density at radius 2 is 1.29 bits per heavy atom. The molecule has 0 aromatic heterocycles. The minimum absolute atomic E-state index is 0.387. The second kappa shape index (κ2) is 13.9. The van der Waals surface area contributed by atoms with Crippen LogP contribution in [-0.2, 0) is 4.74 Å². The average Bonchev–Trinajstić information content (AvgIpc) is 2.51. The molecular formula is C19H39ClO. The van der Waals surface area contributed by atoms with Gasteiger partial charge in [-0.2, -0.15) is 0 Å². The van der Waals surface area contributed by atoms with Gasteiger partial charge in [-0.1, -0.05) is 59.3 Å². The van der Waals surface area contributed by atoms with Gasteiger partial charge in [0.25, 0.3) is 0 Å². The van der Waals surface area contributed by atoms with Gasteiger partial charge in [-0.15, -0.1) is 11.6 Å². The third-order valence-electron chi connectivity index (χ3n) is 4.84. The minimum Gasteiger partial charge on any atom is -0.378 e. The zero-order valence-corrected chi connectivity index (χ0v) is 15.8. The van der Waals surface area contributed by atoms with Crippen LogP contribution in [0.2, 0.25) is 0 Å². The van der Waals surface area contributed by atoms with Gasteiger partial charge in [-0.25, -0.2) is 0 Å². The van der Waals surface area contributed by atoms with Gasteiger partial charge in [0.2, 0.25) is 0 Å². The standard InChI is InChI=1S/C19H39ClO/c1-5-8-13-19(14-9-6-2,15-10-7-3)18(4)21-17-12-11-16-20/h18H,5-17H2,1-4H3. The predicted molar refractivity (Wildman–Crippen MR) is 96.4 cm³/mol. The summed E-state index contributed by atoms with van der Waals surface area (Å²) in [4.78, 5) is 0. The molecule has 0 spiro atoms. The fourth-order valence-corrected chi connectivity index (χ4v) is 3.39. The van der Waals surface area contributed by atoms with Crippen LogP contribution < -0.4 is 0 Å². The van der Waals surface area contributed by atoms with Crippen LogP contribution in [0.1, 0.15) is 98.3 Å². The summed E-state index contributed by atoms with van der Waals surface area (Å²) in [6, 6.07) is 0. The lowest BCUT2D eigenvalue weighted by molar-refractivity contribution is -0.0477. The molecule has 0 aromatic rings. The average molecular weight is 319 g/mol. The summed E-state index contributed by atoms with van der Waals surface area (Å²) in [6.07, 6.45) is 14.4. The fraction of sp³-hybridized carbons (Fsp3) is 1.00. The van der Waals surface area contributed by atoms with Crippen molar-refractivity contribution in [2.24, 2.45) is 5.41 Å². The Bertz CT molecular complexity index is 196. The van der Waals surface area contributed by atoms with E-state index in [1.54, 1.807) is 0 Å². The second-order valence-electron chi connectivity index (χ2n) is 6.58. The highest BCUT2D eigenvalue weighted by Gasteiger charge is 2.35. The van der Waals surface area contributed by atoms with Crippen molar-refractivity contribution in [3.8, 4) is 0 Å². The Morgan fingerprint density at radius 3 is 1.67 bits per heavy atom. The molecule has 0 bridgehead atoms. The van der Waals surface area contributed by atoms with E-state index in [2.05, 4.69) is 27.7 Å². The maximum atomic E-state index is 6.24. The van der Waals surface area contributed by atoms with E-state index in [0.29, 0.717) is 11.5 Å². The molecule has 0 saturated heterocycles. The maximum Gasteiger partial charge on any atom is 0.0603 e. The highest BCUT2D eigenvalue weighted by Crippen LogP contribution is 2.41. The van der Waals surface area contributed by atoms with Crippen molar-refractivity contribution in [3.05, 3.63) is 0 Å². The number of hydrogen-bond donors (Lipinski definition) is 0. The number of hydrogen-bond acceptors (Lipinski definition) is 1. The summed E-state index contributed by atoms with van der Waals surface area (Å²) >= 11 is 5.76. The molecule has 0 aliphatic rings. The van der Waals surface area contributed by atoms with E-state index in [9.17, 15) is 0 Å². The van der Waals surface area contributed by atoms with Gasteiger partial charge in [0.15, 0.2) is 0 Å². The lowest BCUT2D eigenvalue weighted by atomic mass is 9.70. The number of halogens is 1. The molecule has 1 unspecified atom stereocenters. The van der Waals surface area contributed by atoms with Crippen molar-refractivity contribution in [1.29, 1.82) is 0 Å². The molecule has 0 rings (SSSR count). The largest absolute Gasteiger partial charge is 0.378 e. The summed E-state index contributed by atoms with van der Waals surface area (Å²) in [6.45, 7) is 10.1. The van der Waals surface area contributed by atoms with Crippen molar-refractivity contribution in [2.45, 2.75) is 104 Å². The van der Waals surface area contributed by atoms with Crippen molar-refractivity contribution in [1.82, 2.24) is 0 Å².